The molecule has 0 radical (unpaired) electrons. The van der Waals surface area contributed by atoms with Crippen LogP contribution >= 0.6 is 0 Å². The fourth-order valence-electron chi connectivity index (χ4n) is 1.45. The van der Waals surface area contributed by atoms with Gasteiger partial charge in [0.05, 0.1) is 0 Å². The first-order valence-corrected chi connectivity index (χ1v) is 6.05. The molecule has 0 unspecified atom stereocenters. The maximum absolute atomic E-state index is 9.18. The molecule has 19 heavy (non-hydrogen) atoms. The fraction of sp³-hybridized carbons (Fsp3) is 0.200. The quantitative estimate of drug-likeness (QED) is 0.637. The van der Waals surface area contributed by atoms with E-state index < -0.39 is 0 Å². The van der Waals surface area contributed by atoms with Gasteiger partial charge in [-0.25, -0.2) is 0 Å². The Balaban J connectivity index is 1.92. The van der Waals surface area contributed by atoms with Crippen LogP contribution in [-0.4, -0.2) is 18.5 Å². The summed E-state index contributed by atoms with van der Waals surface area (Å²) in [4.78, 5) is 0. The highest BCUT2D eigenvalue weighted by Gasteiger charge is 1.99. The molecule has 0 heterocycles. The van der Waals surface area contributed by atoms with Crippen LogP contribution in [-0.2, 0) is 4.74 Å². The van der Waals surface area contributed by atoms with Crippen molar-refractivity contribution < 1.29 is 19.3 Å². The number of rotatable bonds is 6. The predicted octanol–water partition coefficient (Wildman–Crippen LogP) is 3.56. The summed E-state index contributed by atoms with van der Waals surface area (Å²) in [6.45, 7) is 2.79. The molecule has 4 nitrogen and oxygen atoms in total. The van der Waals surface area contributed by atoms with Crippen LogP contribution in [0.15, 0.2) is 48.5 Å². The lowest BCUT2D eigenvalue weighted by molar-refractivity contribution is 0.0224. The summed E-state index contributed by atoms with van der Waals surface area (Å²) < 4.78 is 16.1. The van der Waals surface area contributed by atoms with Crippen molar-refractivity contribution >= 4 is 0 Å². The number of phenolic OH excluding ortho intramolecular Hbond substituents is 1. The number of phenols is 1. The molecular weight excluding hydrogens is 244 g/mol. The first-order valence-electron chi connectivity index (χ1n) is 6.05. The first kappa shape index (κ1) is 13.2. The van der Waals surface area contributed by atoms with Gasteiger partial charge in [0, 0.05) is 6.61 Å². The van der Waals surface area contributed by atoms with E-state index in [0.29, 0.717) is 18.1 Å². The van der Waals surface area contributed by atoms with E-state index in [4.69, 9.17) is 14.2 Å². The molecule has 0 amide bonds. The van der Waals surface area contributed by atoms with Crippen molar-refractivity contribution in [3.05, 3.63) is 48.5 Å². The minimum absolute atomic E-state index is 0.215. The molecule has 2 aromatic rings. The lowest BCUT2D eigenvalue weighted by Gasteiger charge is -2.08. The highest BCUT2D eigenvalue weighted by molar-refractivity contribution is 5.37. The predicted molar refractivity (Wildman–Crippen MR) is 71.7 cm³/mol. The van der Waals surface area contributed by atoms with E-state index in [1.165, 1.54) is 0 Å². The second-order valence-electron chi connectivity index (χ2n) is 3.82. The summed E-state index contributed by atoms with van der Waals surface area (Å²) in [5.41, 5.74) is 0. The van der Waals surface area contributed by atoms with Gasteiger partial charge in [-0.15, -0.1) is 0 Å². The van der Waals surface area contributed by atoms with Gasteiger partial charge in [0.2, 0.25) is 0 Å². The van der Waals surface area contributed by atoms with Crippen LogP contribution in [0, 0.1) is 0 Å². The lowest BCUT2D eigenvalue weighted by atomic mass is 10.3. The average molecular weight is 260 g/mol. The monoisotopic (exact) mass is 260 g/mol. The maximum atomic E-state index is 9.18. The van der Waals surface area contributed by atoms with Crippen LogP contribution in [0.3, 0.4) is 0 Å². The van der Waals surface area contributed by atoms with Crippen LogP contribution in [0.2, 0.25) is 0 Å². The van der Waals surface area contributed by atoms with Gasteiger partial charge in [0.15, 0.2) is 6.79 Å². The summed E-state index contributed by atoms with van der Waals surface area (Å²) >= 11 is 0. The SMILES string of the molecule is CCOCOc1ccc(Oc2ccc(O)cc2)cc1. The molecule has 0 saturated heterocycles. The highest BCUT2D eigenvalue weighted by Crippen LogP contribution is 2.25. The normalized spacial score (nSPS) is 10.2. The van der Waals surface area contributed by atoms with Crippen molar-refractivity contribution in [3.63, 3.8) is 0 Å². The van der Waals surface area contributed by atoms with Gasteiger partial charge in [-0.05, 0) is 55.5 Å². The molecule has 2 aromatic carbocycles. The highest BCUT2D eigenvalue weighted by atomic mass is 16.7. The molecule has 1 N–H and O–H groups in total. The third-order valence-corrected chi connectivity index (χ3v) is 2.41. The molecule has 0 aliphatic heterocycles. The van der Waals surface area contributed by atoms with E-state index >= 15 is 0 Å². The van der Waals surface area contributed by atoms with Crippen LogP contribution < -0.4 is 9.47 Å². The summed E-state index contributed by atoms with van der Waals surface area (Å²) in [6.07, 6.45) is 0. The van der Waals surface area contributed by atoms with Gasteiger partial charge in [-0.1, -0.05) is 0 Å². The number of ether oxygens (including phenoxy) is 3. The fourth-order valence-corrected chi connectivity index (χ4v) is 1.45. The summed E-state index contributed by atoms with van der Waals surface area (Å²) in [7, 11) is 0. The molecule has 0 saturated carbocycles. The zero-order chi connectivity index (χ0) is 13.5. The van der Waals surface area contributed by atoms with Crippen LogP contribution in [0.5, 0.6) is 23.0 Å². The Morgan fingerprint density at radius 1 is 0.842 bits per heavy atom. The zero-order valence-corrected chi connectivity index (χ0v) is 10.7. The molecule has 0 spiro atoms. The van der Waals surface area contributed by atoms with Crippen molar-refractivity contribution in [2.75, 3.05) is 13.4 Å². The summed E-state index contributed by atoms with van der Waals surface area (Å²) in [6, 6.07) is 13.8. The first-order chi connectivity index (χ1) is 9.28. The Hall–Kier alpha value is -2.20. The van der Waals surface area contributed by atoms with Crippen molar-refractivity contribution in [1.29, 1.82) is 0 Å². The molecule has 4 heteroatoms. The topological polar surface area (TPSA) is 47.9 Å². The third kappa shape index (κ3) is 4.19. The molecule has 2 rings (SSSR count). The number of hydrogen-bond donors (Lipinski definition) is 1. The minimum atomic E-state index is 0.215. The van der Waals surface area contributed by atoms with Crippen molar-refractivity contribution in [1.82, 2.24) is 0 Å². The van der Waals surface area contributed by atoms with Gasteiger partial charge >= 0.3 is 0 Å². The molecule has 0 aromatic heterocycles. The molecule has 100 valence electrons. The summed E-state index contributed by atoms with van der Waals surface area (Å²) in [5.74, 6) is 2.31. The Morgan fingerprint density at radius 2 is 1.37 bits per heavy atom. The van der Waals surface area contributed by atoms with Crippen molar-refractivity contribution in [3.8, 4) is 23.0 Å². The Kier molecular flexibility index (Phi) is 4.64. The van der Waals surface area contributed by atoms with Crippen LogP contribution in [0.4, 0.5) is 0 Å². The molecule has 0 aliphatic rings. The van der Waals surface area contributed by atoms with Gasteiger partial charge in [-0.2, -0.15) is 0 Å². The van der Waals surface area contributed by atoms with Gasteiger partial charge < -0.3 is 19.3 Å². The number of benzene rings is 2. The number of aromatic hydroxyl groups is 1. The molecule has 0 fully saturated rings. The average Bonchev–Trinajstić information content (AvgIpc) is 2.44. The Bertz CT molecular complexity index is 491. The van der Waals surface area contributed by atoms with Crippen molar-refractivity contribution in [2.45, 2.75) is 6.92 Å². The molecule has 0 atom stereocenters. The Labute approximate surface area is 112 Å². The second-order valence-corrected chi connectivity index (χ2v) is 3.82. The lowest BCUT2D eigenvalue weighted by Crippen LogP contribution is -2.01. The van der Waals surface area contributed by atoms with Crippen molar-refractivity contribution in [2.24, 2.45) is 0 Å². The van der Waals surface area contributed by atoms with Gasteiger partial charge in [0.25, 0.3) is 0 Å². The minimum Gasteiger partial charge on any atom is -0.508 e. The molecule has 0 aliphatic carbocycles. The largest absolute Gasteiger partial charge is 0.508 e. The second kappa shape index (κ2) is 6.66. The van der Waals surface area contributed by atoms with E-state index in [2.05, 4.69) is 0 Å². The number of hydrogen-bond acceptors (Lipinski definition) is 4. The van der Waals surface area contributed by atoms with E-state index in [0.717, 1.165) is 5.75 Å². The Morgan fingerprint density at radius 3 is 1.95 bits per heavy atom. The molecular formula is C15H16O4. The van der Waals surface area contributed by atoms with Gasteiger partial charge in [0.1, 0.15) is 23.0 Å². The van der Waals surface area contributed by atoms with E-state index in [-0.39, 0.29) is 12.5 Å². The molecule has 0 bridgehead atoms. The van der Waals surface area contributed by atoms with Crippen LogP contribution in [0.25, 0.3) is 0 Å². The van der Waals surface area contributed by atoms with E-state index in [1.54, 1.807) is 24.3 Å². The standard InChI is InChI=1S/C15H16O4/c1-2-17-11-18-13-7-9-15(10-8-13)19-14-5-3-12(16)4-6-14/h3-10,16H,2,11H2,1H3. The van der Waals surface area contributed by atoms with Gasteiger partial charge in [-0.3, -0.25) is 0 Å². The maximum Gasteiger partial charge on any atom is 0.189 e. The van der Waals surface area contributed by atoms with Crippen LogP contribution in [0.1, 0.15) is 6.92 Å². The van der Waals surface area contributed by atoms with E-state index in [1.807, 2.05) is 31.2 Å². The van der Waals surface area contributed by atoms with E-state index in [9.17, 15) is 5.11 Å². The smallest absolute Gasteiger partial charge is 0.189 e. The third-order valence-electron chi connectivity index (χ3n) is 2.41. The summed E-state index contributed by atoms with van der Waals surface area (Å²) in [5, 5.41) is 9.18. The zero-order valence-electron chi connectivity index (χ0n) is 10.7.